The molecule has 1 aromatic rings. The summed E-state index contributed by atoms with van der Waals surface area (Å²) >= 11 is 0. The lowest BCUT2D eigenvalue weighted by molar-refractivity contribution is -0.195. The summed E-state index contributed by atoms with van der Waals surface area (Å²) in [5.74, 6) is -3.37. The van der Waals surface area contributed by atoms with Crippen molar-refractivity contribution in [3.8, 4) is 5.75 Å². The van der Waals surface area contributed by atoms with Gasteiger partial charge in [0.05, 0.1) is 25.4 Å². The van der Waals surface area contributed by atoms with Gasteiger partial charge in [-0.3, -0.25) is 9.05 Å². The van der Waals surface area contributed by atoms with E-state index in [0.29, 0.717) is 11.3 Å². The van der Waals surface area contributed by atoms with Gasteiger partial charge < -0.3 is 14.6 Å². The van der Waals surface area contributed by atoms with Crippen molar-refractivity contribution in [2.75, 3.05) is 7.11 Å². The summed E-state index contributed by atoms with van der Waals surface area (Å²) in [6.45, 7) is 9.70. The van der Waals surface area contributed by atoms with E-state index in [-0.39, 0.29) is 0 Å². The van der Waals surface area contributed by atoms with Crippen molar-refractivity contribution in [1.29, 1.82) is 0 Å². The number of benzene rings is 1. The van der Waals surface area contributed by atoms with Crippen LogP contribution in [0.3, 0.4) is 0 Å². The first-order valence-corrected chi connectivity index (χ1v) is 10.8. The van der Waals surface area contributed by atoms with Crippen molar-refractivity contribution in [3.05, 3.63) is 35.9 Å². The summed E-state index contributed by atoms with van der Waals surface area (Å²) < 4.78 is 39.2. The summed E-state index contributed by atoms with van der Waals surface area (Å²) in [4.78, 5) is 12.6. The highest BCUT2D eigenvalue weighted by molar-refractivity contribution is 7.48. The van der Waals surface area contributed by atoms with Crippen LogP contribution in [0.4, 0.5) is 0 Å². The Morgan fingerprint density at radius 3 is 2.07 bits per heavy atom. The molecule has 0 bridgehead atoms. The molecule has 1 unspecified atom stereocenters. The molecule has 0 saturated carbocycles. The number of para-hydroxylation sites is 1. The molecule has 0 amide bonds. The number of phosphoric acid groups is 1. The lowest BCUT2D eigenvalue weighted by Gasteiger charge is -2.29. The maximum atomic E-state index is 13.1. The van der Waals surface area contributed by atoms with Crippen molar-refractivity contribution in [3.63, 3.8) is 0 Å². The van der Waals surface area contributed by atoms with Crippen molar-refractivity contribution >= 4 is 19.9 Å². The van der Waals surface area contributed by atoms with Crippen LogP contribution >= 0.6 is 7.82 Å². The third kappa shape index (κ3) is 8.28. The maximum Gasteiger partial charge on any atom is 0.478 e. The van der Waals surface area contributed by atoms with Gasteiger partial charge >= 0.3 is 13.8 Å². The summed E-state index contributed by atoms with van der Waals surface area (Å²) in [7, 11) is -2.83. The molecule has 9 heteroatoms. The third-order valence-corrected chi connectivity index (χ3v) is 5.06. The topological polar surface area (TPSA) is 101 Å². The van der Waals surface area contributed by atoms with Crippen molar-refractivity contribution < 1.29 is 37.5 Å². The van der Waals surface area contributed by atoms with Gasteiger partial charge in [-0.1, -0.05) is 18.2 Å². The predicted octanol–water partition coefficient (Wildman–Crippen LogP) is 4.32. The lowest BCUT2D eigenvalue weighted by atomic mass is 10.1. The SMILES string of the molecule is COc1ccccc1/C=C/C(O)(OP(=O)(OC(C)C)OC(C)C)C(=O)OC(C)C. The molecular formula is C20H31O8P. The number of carbonyl (C=O) groups excluding carboxylic acids is 1. The largest absolute Gasteiger partial charge is 0.496 e. The van der Waals surface area contributed by atoms with E-state index in [1.54, 1.807) is 65.8 Å². The average molecular weight is 430 g/mol. The summed E-state index contributed by atoms with van der Waals surface area (Å²) in [6, 6.07) is 6.94. The monoisotopic (exact) mass is 430 g/mol. The molecule has 1 atom stereocenters. The number of carbonyl (C=O) groups is 1. The lowest BCUT2D eigenvalue weighted by Crippen LogP contribution is -2.42. The van der Waals surface area contributed by atoms with Crippen LogP contribution in [-0.2, 0) is 27.7 Å². The molecular weight excluding hydrogens is 399 g/mol. The number of aliphatic hydroxyl groups is 1. The normalized spacial score (nSPS) is 14.6. The molecule has 1 N–H and O–H groups in total. The molecule has 0 aliphatic carbocycles. The Hall–Kier alpha value is -1.70. The smallest absolute Gasteiger partial charge is 0.478 e. The third-order valence-electron chi connectivity index (χ3n) is 3.19. The minimum atomic E-state index is -4.32. The van der Waals surface area contributed by atoms with Gasteiger partial charge in [0.15, 0.2) is 0 Å². The number of hydrogen-bond donors (Lipinski definition) is 1. The number of esters is 1. The highest BCUT2D eigenvalue weighted by Gasteiger charge is 2.47. The van der Waals surface area contributed by atoms with Crippen LogP contribution in [0, 0.1) is 0 Å². The number of rotatable bonds is 11. The van der Waals surface area contributed by atoms with Crippen LogP contribution in [0.15, 0.2) is 30.3 Å². The molecule has 0 aromatic heterocycles. The van der Waals surface area contributed by atoms with Crippen LogP contribution in [0.1, 0.15) is 47.1 Å². The van der Waals surface area contributed by atoms with E-state index in [1.165, 1.54) is 13.2 Å². The van der Waals surface area contributed by atoms with E-state index in [9.17, 15) is 14.5 Å². The molecule has 0 aliphatic heterocycles. The second kappa shape index (κ2) is 10.9. The van der Waals surface area contributed by atoms with Gasteiger partial charge in [-0.05, 0) is 59.8 Å². The molecule has 1 rings (SSSR count). The van der Waals surface area contributed by atoms with E-state index < -0.39 is 37.9 Å². The number of phosphoric ester groups is 1. The zero-order valence-corrected chi connectivity index (χ0v) is 18.8. The Bertz CT molecular complexity index is 730. The molecule has 0 radical (unpaired) electrons. The molecule has 0 heterocycles. The van der Waals surface area contributed by atoms with Crippen LogP contribution < -0.4 is 4.74 Å². The first-order chi connectivity index (χ1) is 13.4. The van der Waals surface area contributed by atoms with Gasteiger partial charge in [0.1, 0.15) is 5.75 Å². The van der Waals surface area contributed by atoms with Gasteiger partial charge in [0.2, 0.25) is 0 Å². The molecule has 29 heavy (non-hydrogen) atoms. The summed E-state index contributed by atoms with van der Waals surface area (Å²) in [5.41, 5.74) is 0.554. The fourth-order valence-electron chi connectivity index (χ4n) is 2.20. The summed E-state index contributed by atoms with van der Waals surface area (Å²) in [6.07, 6.45) is 0.769. The Labute approximate surface area is 172 Å². The molecule has 164 valence electrons. The molecule has 1 aromatic carbocycles. The molecule has 8 nitrogen and oxygen atoms in total. The fourth-order valence-corrected chi connectivity index (χ4v) is 3.84. The standard InChI is InChI=1S/C20H31O8P/c1-14(2)25-19(21)20(22,13-12-17-10-8-9-11-18(17)24-7)28-29(23,26-15(3)4)27-16(5)6/h8-16,22H,1-7H3/b13-12+. The van der Waals surface area contributed by atoms with Gasteiger partial charge in [-0.25, -0.2) is 13.9 Å². The van der Waals surface area contributed by atoms with E-state index in [2.05, 4.69) is 0 Å². The van der Waals surface area contributed by atoms with E-state index in [1.807, 2.05) is 0 Å². The average Bonchev–Trinajstić information content (AvgIpc) is 2.57. The minimum absolute atomic E-state index is 0.503. The maximum absolute atomic E-state index is 13.1. The van der Waals surface area contributed by atoms with Crippen molar-refractivity contribution in [2.24, 2.45) is 0 Å². The number of ether oxygens (including phenoxy) is 2. The number of hydrogen-bond acceptors (Lipinski definition) is 8. The molecule has 0 saturated heterocycles. The van der Waals surface area contributed by atoms with Gasteiger partial charge in [-0.15, -0.1) is 0 Å². The number of methoxy groups -OCH3 is 1. The first kappa shape index (κ1) is 25.3. The Morgan fingerprint density at radius 1 is 1.03 bits per heavy atom. The van der Waals surface area contributed by atoms with E-state index in [0.717, 1.165) is 6.08 Å². The molecule has 0 aliphatic rings. The Morgan fingerprint density at radius 2 is 1.59 bits per heavy atom. The molecule has 0 fully saturated rings. The minimum Gasteiger partial charge on any atom is -0.496 e. The zero-order chi connectivity index (χ0) is 22.2. The van der Waals surface area contributed by atoms with Crippen LogP contribution in [0.2, 0.25) is 0 Å². The van der Waals surface area contributed by atoms with Gasteiger partial charge in [0.25, 0.3) is 5.79 Å². The van der Waals surface area contributed by atoms with Crippen molar-refractivity contribution in [1.82, 2.24) is 0 Å². The Balaban J connectivity index is 3.34. The zero-order valence-electron chi connectivity index (χ0n) is 17.9. The van der Waals surface area contributed by atoms with Crippen LogP contribution in [0.5, 0.6) is 5.75 Å². The van der Waals surface area contributed by atoms with E-state index in [4.69, 9.17) is 23.0 Å². The van der Waals surface area contributed by atoms with Gasteiger partial charge in [-0.2, -0.15) is 0 Å². The Kier molecular flexibility index (Phi) is 9.52. The highest BCUT2D eigenvalue weighted by atomic mass is 31.2. The molecule has 0 spiro atoms. The van der Waals surface area contributed by atoms with E-state index >= 15 is 0 Å². The van der Waals surface area contributed by atoms with Crippen LogP contribution in [-0.4, -0.2) is 42.3 Å². The summed E-state index contributed by atoms with van der Waals surface area (Å²) in [5, 5.41) is 11.0. The van der Waals surface area contributed by atoms with Gasteiger partial charge in [0, 0.05) is 5.56 Å². The second-order valence-electron chi connectivity index (χ2n) is 7.07. The predicted molar refractivity (Wildman–Crippen MR) is 109 cm³/mol. The van der Waals surface area contributed by atoms with Crippen molar-refractivity contribution in [2.45, 2.75) is 65.6 Å². The first-order valence-electron chi connectivity index (χ1n) is 9.34. The van der Waals surface area contributed by atoms with Crippen LogP contribution in [0.25, 0.3) is 6.08 Å². The second-order valence-corrected chi connectivity index (χ2v) is 8.57. The highest BCUT2D eigenvalue weighted by Crippen LogP contribution is 2.54. The fraction of sp³-hybridized carbons (Fsp3) is 0.550. The quantitative estimate of drug-likeness (QED) is 0.315.